The van der Waals surface area contributed by atoms with Crippen molar-refractivity contribution in [2.75, 3.05) is 22.5 Å². The van der Waals surface area contributed by atoms with Gasteiger partial charge in [-0.25, -0.2) is 9.59 Å². The quantitative estimate of drug-likeness (QED) is 0.286. The van der Waals surface area contributed by atoms with Crippen LogP contribution in [0.4, 0.5) is 26.0 Å². The maximum atomic E-state index is 12.2. The van der Waals surface area contributed by atoms with E-state index in [2.05, 4.69) is 25.6 Å². The number of carbonyl (C=O) groups excluding carboxylic acids is 3. The Kier molecular flexibility index (Phi) is 7.77. The van der Waals surface area contributed by atoms with Gasteiger partial charge < -0.3 is 26.8 Å². The highest BCUT2D eigenvalue weighted by molar-refractivity contribution is 7.11. The molecule has 0 spiro atoms. The summed E-state index contributed by atoms with van der Waals surface area (Å²) in [6, 6.07) is 12.9. The molecule has 1 aromatic heterocycles. The van der Waals surface area contributed by atoms with Gasteiger partial charge in [-0.1, -0.05) is 24.3 Å². The summed E-state index contributed by atoms with van der Waals surface area (Å²) in [7, 11) is 0. The van der Waals surface area contributed by atoms with Crippen LogP contribution in [0.5, 0.6) is 0 Å². The first kappa shape index (κ1) is 24.2. The SMILES string of the molecule is Cc1cccc(NC(=O)Nc2ccc(-c3nsc(NC(=O)NCCC(=O)O)c3C(N)=O)cc2)c1. The average molecular weight is 483 g/mol. The highest BCUT2D eigenvalue weighted by Gasteiger charge is 2.21. The van der Waals surface area contributed by atoms with Crippen molar-refractivity contribution in [1.29, 1.82) is 0 Å². The highest BCUT2D eigenvalue weighted by atomic mass is 32.1. The van der Waals surface area contributed by atoms with E-state index in [4.69, 9.17) is 10.8 Å². The van der Waals surface area contributed by atoms with Crippen molar-refractivity contribution in [3.05, 3.63) is 59.7 Å². The number of nitrogens with one attached hydrogen (secondary N) is 4. The molecule has 0 aliphatic heterocycles. The van der Waals surface area contributed by atoms with Gasteiger partial charge in [0.15, 0.2) is 0 Å². The standard InChI is InChI=1S/C22H22N6O5S/c1-12-3-2-4-15(11-12)26-22(33)25-14-7-5-13(6-8-14)18-17(19(23)31)20(34-28-18)27-21(32)24-10-9-16(29)30/h2-8,11H,9-10H2,1H3,(H2,23,31)(H,29,30)(H2,24,27,32)(H2,25,26,33). The monoisotopic (exact) mass is 482 g/mol. The normalized spacial score (nSPS) is 10.3. The molecule has 3 rings (SSSR count). The molecule has 11 nitrogen and oxygen atoms in total. The molecule has 0 aliphatic rings. The van der Waals surface area contributed by atoms with Crippen LogP contribution >= 0.6 is 11.5 Å². The Balaban J connectivity index is 1.68. The van der Waals surface area contributed by atoms with Gasteiger partial charge in [0.1, 0.15) is 10.6 Å². The molecule has 0 unspecified atom stereocenters. The molecule has 0 atom stereocenters. The zero-order valence-corrected chi connectivity index (χ0v) is 18.9. The maximum Gasteiger partial charge on any atom is 0.323 e. The summed E-state index contributed by atoms with van der Waals surface area (Å²) in [4.78, 5) is 46.8. The number of aliphatic carboxylic acids is 1. The topological polar surface area (TPSA) is 176 Å². The van der Waals surface area contributed by atoms with Gasteiger partial charge in [-0.3, -0.25) is 14.9 Å². The summed E-state index contributed by atoms with van der Waals surface area (Å²) < 4.78 is 4.23. The first-order valence-electron chi connectivity index (χ1n) is 10.0. The van der Waals surface area contributed by atoms with Crippen molar-refractivity contribution < 1.29 is 24.3 Å². The molecule has 0 saturated heterocycles. The number of aryl methyl sites for hydroxylation is 1. The number of urea groups is 2. The minimum Gasteiger partial charge on any atom is -0.481 e. The number of benzene rings is 2. The van der Waals surface area contributed by atoms with E-state index >= 15 is 0 Å². The molecule has 0 bridgehead atoms. The second kappa shape index (κ2) is 10.9. The first-order valence-corrected chi connectivity index (χ1v) is 10.8. The van der Waals surface area contributed by atoms with Gasteiger partial charge in [0.05, 0.1) is 12.1 Å². The number of carbonyl (C=O) groups is 4. The lowest BCUT2D eigenvalue weighted by molar-refractivity contribution is -0.136. The van der Waals surface area contributed by atoms with Gasteiger partial charge in [0.25, 0.3) is 5.91 Å². The third-order valence-electron chi connectivity index (χ3n) is 4.48. The predicted octanol–water partition coefficient (Wildman–Crippen LogP) is 3.46. The van der Waals surface area contributed by atoms with Crippen molar-refractivity contribution in [3.63, 3.8) is 0 Å². The molecule has 2 aromatic carbocycles. The summed E-state index contributed by atoms with van der Waals surface area (Å²) in [5, 5.41) is 19.1. The van der Waals surface area contributed by atoms with E-state index in [9.17, 15) is 19.2 Å². The number of amides is 5. The minimum atomic E-state index is -1.05. The average Bonchev–Trinajstić information content (AvgIpc) is 3.17. The van der Waals surface area contributed by atoms with E-state index in [0.29, 0.717) is 16.9 Å². The Hall–Kier alpha value is -4.45. The zero-order valence-electron chi connectivity index (χ0n) is 18.0. The molecular formula is C22H22N6O5S. The highest BCUT2D eigenvalue weighted by Crippen LogP contribution is 2.32. The lowest BCUT2D eigenvalue weighted by Gasteiger charge is -2.09. The molecule has 1 heterocycles. The van der Waals surface area contributed by atoms with Crippen LogP contribution in [0.2, 0.25) is 0 Å². The van der Waals surface area contributed by atoms with Crippen molar-refractivity contribution in [1.82, 2.24) is 9.69 Å². The number of hydrogen-bond acceptors (Lipinski definition) is 6. The smallest absolute Gasteiger partial charge is 0.323 e. The zero-order chi connectivity index (χ0) is 24.7. The largest absolute Gasteiger partial charge is 0.481 e. The van der Waals surface area contributed by atoms with E-state index in [1.165, 1.54) is 0 Å². The van der Waals surface area contributed by atoms with E-state index in [1.54, 1.807) is 30.3 Å². The van der Waals surface area contributed by atoms with Crippen LogP contribution in [0.15, 0.2) is 48.5 Å². The Morgan fingerprint density at radius 3 is 2.32 bits per heavy atom. The lowest BCUT2D eigenvalue weighted by atomic mass is 10.1. The van der Waals surface area contributed by atoms with E-state index in [-0.39, 0.29) is 29.2 Å². The van der Waals surface area contributed by atoms with Crippen LogP contribution in [0.3, 0.4) is 0 Å². The van der Waals surface area contributed by atoms with Gasteiger partial charge in [-0.2, -0.15) is 4.37 Å². The van der Waals surface area contributed by atoms with Crippen molar-refractivity contribution in [3.8, 4) is 11.3 Å². The Morgan fingerprint density at radius 2 is 1.68 bits per heavy atom. The number of nitrogens with zero attached hydrogens (tertiary/aromatic N) is 1. The maximum absolute atomic E-state index is 12.2. The van der Waals surface area contributed by atoms with Crippen LogP contribution in [0, 0.1) is 6.92 Å². The second-order valence-corrected chi connectivity index (χ2v) is 7.92. The Labute approximate surface area is 198 Å². The molecule has 0 fully saturated rings. The van der Waals surface area contributed by atoms with Crippen LogP contribution in [0.25, 0.3) is 11.3 Å². The lowest BCUT2D eigenvalue weighted by Crippen LogP contribution is -2.31. The molecular weight excluding hydrogens is 460 g/mol. The van der Waals surface area contributed by atoms with Crippen molar-refractivity contribution >= 4 is 51.8 Å². The molecule has 12 heteroatoms. The molecule has 176 valence electrons. The van der Waals surface area contributed by atoms with Crippen LogP contribution in [-0.4, -0.2) is 40.0 Å². The summed E-state index contributed by atoms with van der Waals surface area (Å²) in [5.41, 5.74) is 8.54. The van der Waals surface area contributed by atoms with Crippen LogP contribution in [0.1, 0.15) is 22.3 Å². The number of primary amides is 1. The number of carboxylic acids is 1. The Morgan fingerprint density at radius 1 is 0.971 bits per heavy atom. The van der Waals surface area contributed by atoms with Crippen molar-refractivity contribution in [2.24, 2.45) is 5.73 Å². The number of carboxylic acid groups (broad SMARTS) is 1. The fourth-order valence-corrected chi connectivity index (χ4v) is 3.77. The molecule has 0 radical (unpaired) electrons. The van der Waals surface area contributed by atoms with E-state index in [1.807, 2.05) is 25.1 Å². The third kappa shape index (κ3) is 6.53. The summed E-state index contributed by atoms with van der Waals surface area (Å²) in [5.74, 6) is -1.84. The molecule has 0 aliphatic carbocycles. The molecule has 0 saturated carbocycles. The van der Waals surface area contributed by atoms with Gasteiger partial charge in [-0.15, -0.1) is 0 Å². The third-order valence-corrected chi connectivity index (χ3v) is 5.24. The van der Waals surface area contributed by atoms with Crippen LogP contribution < -0.4 is 27.0 Å². The van der Waals surface area contributed by atoms with Gasteiger partial charge in [0.2, 0.25) is 0 Å². The fraction of sp³-hybridized carbons (Fsp3) is 0.136. The number of anilines is 3. The predicted molar refractivity (Wildman–Crippen MR) is 129 cm³/mol. The minimum absolute atomic E-state index is 0.0243. The summed E-state index contributed by atoms with van der Waals surface area (Å²) in [6.45, 7) is 1.85. The summed E-state index contributed by atoms with van der Waals surface area (Å²) >= 11 is 0.866. The number of hydrogen-bond donors (Lipinski definition) is 6. The number of rotatable bonds is 8. The van der Waals surface area contributed by atoms with Gasteiger partial charge in [-0.05, 0) is 48.3 Å². The molecule has 5 amide bonds. The van der Waals surface area contributed by atoms with E-state index in [0.717, 1.165) is 17.1 Å². The fourth-order valence-electron chi connectivity index (χ4n) is 2.96. The number of aromatic nitrogens is 1. The Bertz CT molecular complexity index is 1220. The second-order valence-electron chi connectivity index (χ2n) is 7.15. The van der Waals surface area contributed by atoms with E-state index < -0.39 is 23.9 Å². The first-order chi connectivity index (χ1) is 16.2. The molecule has 3 aromatic rings. The van der Waals surface area contributed by atoms with Crippen LogP contribution in [-0.2, 0) is 4.79 Å². The summed E-state index contributed by atoms with van der Waals surface area (Å²) in [6.07, 6.45) is -0.243. The van der Waals surface area contributed by atoms with Crippen molar-refractivity contribution in [2.45, 2.75) is 13.3 Å². The van der Waals surface area contributed by atoms with Gasteiger partial charge in [0, 0.05) is 23.5 Å². The van der Waals surface area contributed by atoms with Gasteiger partial charge >= 0.3 is 18.0 Å². The molecule has 34 heavy (non-hydrogen) atoms. The molecule has 7 N–H and O–H groups in total. The number of nitrogens with two attached hydrogens (primary N) is 1.